The van der Waals surface area contributed by atoms with Gasteiger partial charge in [0.15, 0.2) is 0 Å². The van der Waals surface area contributed by atoms with Gasteiger partial charge in [-0.1, -0.05) is 29.4 Å². The van der Waals surface area contributed by atoms with Crippen molar-refractivity contribution in [3.8, 4) is 0 Å². The minimum absolute atomic E-state index is 0. The molecule has 0 aromatic carbocycles. The van der Waals surface area contributed by atoms with Gasteiger partial charge in [0.05, 0.1) is 10.3 Å². The number of hydrogen-bond acceptors (Lipinski definition) is 2. The third-order valence-electron chi connectivity index (χ3n) is 0.533. The Morgan fingerprint density at radius 1 is 1.44 bits per heavy atom. The first-order valence-electron chi connectivity index (χ1n) is 1.85. The van der Waals surface area contributed by atoms with Gasteiger partial charge in [-0.2, -0.15) is 0 Å². The zero-order chi connectivity index (χ0) is 5.98. The van der Waals surface area contributed by atoms with Gasteiger partial charge < -0.3 is 4.98 Å². The van der Waals surface area contributed by atoms with Crippen molar-refractivity contribution in [3.63, 3.8) is 0 Å². The molecule has 0 aliphatic carbocycles. The molecule has 0 aliphatic heterocycles. The molecule has 0 saturated carbocycles. The number of nitrogens with zero attached hydrogens (tertiary/aromatic N) is 2. The average Bonchev–Trinajstić information content (AvgIpc) is 1.64. The molecule has 51 valence electrons. The smallest absolute Gasteiger partial charge is 0.0659 e. The second kappa shape index (κ2) is 4.16. The Labute approximate surface area is 75.4 Å². The normalized spacial score (nSPS) is 8.22. The maximum absolute atomic E-state index is 5.37. The first-order valence-corrected chi connectivity index (χ1v) is 2.60. The molecule has 1 radical (unpaired) electrons. The molecule has 5 heteroatoms. The van der Waals surface area contributed by atoms with Crippen LogP contribution in [0, 0.1) is 6.20 Å². The summed E-state index contributed by atoms with van der Waals surface area (Å²) >= 11 is 10.7. The van der Waals surface area contributed by atoms with Crippen molar-refractivity contribution in [1.29, 1.82) is 0 Å². The molecule has 0 spiro atoms. The van der Waals surface area contributed by atoms with Gasteiger partial charge in [-0.25, -0.2) is 0 Å². The molecule has 1 heterocycles. The number of aromatic nitrogens is 2. The molecule has 1 aromatic heterocycles. The largest absolute Gasteiger partial charge is 0.453 e. The van der Waals surface area contributed by atoms with Crippen LogP contribution >= 0.6 is 23.2 Å². The van der Waals surface area contributed by atoms with Gasteiger partial charge in [-0.3, -0.25) is 4.98 Å². The predicted molar refractivity (Wildman–Crippen MR) is 30.9 cm³/mol. The number of rotatable bonds is 0. The summed E-state index contributed by atoms with van der Waals surface area (Å²) in [5, 5.41) is 0.478. The van der Waals surface area contributed by atoms with E-state index in [4.69, 9.17) is 23.2 Å². The summed E-state index contributed by atoms with van der Waals surface area (Å²) in [7, 11) is 0. The van der Waals surface area contributed by atoms with Crippen LogP contribution in [0.25, 0.3) is 0 Å². The van der Waals surface area contributed by atoms with Crippen LogP contribution in [0.1, 0.15) is 0 Å². The summed E-state index contributed by atoms with van der Waals surface area (Å²) in [5.74, 6) is 0. The Hall–Kier alpha value is 0.283. The first-order chi connectivity index (χ1) is 3.79. The van der Waals surface area contributed by atoms with E-state index in [1.165, 1.54) is 6.20 Å². The monoisotopic (exact) mass is 250 g/mol. The van der Waals surface area contributed by atoms with E-state index in [0.29, 0.717) is 0 Å². The van der Waals surface area contributed by atoms with Crippen LogP contribution in [0.3, 0.4) is 0 Å². The molecule has 1 rings (SSSR count). The number of halogens is 2. The Balaban J connectivity index is 0.000000640. The minimum Gasteiger partial charge on any atom is -0.453 e. The Bertz CT molecular complexity index is 176. The van der Waals surface area contributed by atoms with Crippen LogP contribution < -0.4 is 0 Å². The predicted octanol–water partition coefficient (Wildman–Crippen LogP) is 1.58. The maximum Gasteiger partial charge on any atom is 0.0659 e. The van der Waals surface area contributed by atoms with Crippen LogP contribution in [0.2, 0.25) is 10.3 Å². The zero-order valence-electron chi connectivity index (χ0n) is 4.06. The van der Waals surface area contributed by atoms with E-state index in [0.717, 1.165) is 0 Å². The molecule has 0 unspecified atom stereocenters. The van der Waals surface area contributed by atoms with Gasteiger partial charge in [0, 0.05) is 19.5 Å². The molecule has 0 bridgehead atoms. The van der Waals surface area contributed by atoms with Crippen LogP contribution in [-0.2, 0) is 19.5 Å². The number of hydrogen-bond donors (Lipinski definition) is 0. The van der Waals surface area contributed by atoms with Crippen molar-refractivity contribution < 1.29 is 19.5 Å². The second-order valence-electron chi connectivity index (χ2n) is 1.10. The summed E-state index contributed by atoms with van der Waals surface area (Å²) < 4.78 is 0. The molecule has 0 saturated heterocycles. The van der Waals surface area contributed by atoms with Crippen LogP contribution in [0.5, 0.6) is 0 Å². The zero-order valence-corrected chi connectivity index (χ0v) is 7.21. The SMILES string of the molecule is Clc1[c-]ncc(Cl)n1.[Rh]. The minimum atomic E-state index is 0. The van der Waals surface area contributed by atoms with Crippen LogP contribution in [0.4, 0.5) is 0 Å². The van der Waals surface area contributed by atoms with Crippen molar-refractivity contribution in [1.82, 2.24) is 9.97 Å². The fourth-order valence-electron chi connectivity index (χ4n) is 0.286. The molecule has 1 aromatic rings. The standard InChI is InChI=1S/C4HCl2N2.Rh/c5-3-1-7-2-4(6)8-3;/h1H;/q-1;. The Morgan fingerprint density at radius 2 is 2.11 bits per heavy atom. The molecule has 2 nitrogen and oxygen atoms in total. The molecular formula is C4HCl2N2Rh-. The van der Waals surface area contributed by atoms with Gasteiger partial charge in [0.25, 0.3) is 0 Å². The van der Waals surface area contributed by atoms with Gasteiger partial charge in [0.2, 0.25) is 0 Å². The summed E-state index contributed by atoms with van der Waals surface area (Å²) in [6.45, 7) is 0. The topological polar surface area (TPSA) is 25.8 Å². The summed E-state index contributed by atoms with van der Waals surface area (Å²) in [6, 6.07) is 0. The molecule has 0 fully saturated rings. The Kier molecular flexibility index (Phi) is 4.29. The summed E-state index contributed by atoms with van der Waals surface area (Å²) in [5.41, 5.74) is 0. The molecule has 0 aliphatic rings. The molecular weight excluding hydrogens is 250 g/mol. The fourth-order valence-corrected chi connectivity index (χ4v) is 0.603. The Morgan fingerprint density at radius 3 is 2.44 bits per heavy atom. The third kappa shape index (κ3) is 3.09. The van der Waals surface area contributed by atoms with Gasteiger partial charge in [-0.15, -0.1) is 6.20 Å². The average molecular weight is 251 g/mol. The van der Waals surface area contributed by atoms with E-state index in [-0.39, 0.29) is 29.8 Å². The van der Waals surface area contributed by atoms with E-state index in [2.05, 4.69) is 16.2 Å². The molecule has 0 N–H and O–H groups in total. The maximum atomic E-state index is 5.37. The second-order valence-corrected chi connectivity index (χ2v) is 1.84. The van der Waals surface area contributed by atoms with Crippen LogP contribution in [-0.4, -0.2) is 9.97 Å². The quantitative estimate of drug-likeness (QED) is 0.516. The molecule has 0 amide bonds. The van der Waals surface area contributed by atoms with Crippen molar-refractivity contribution in [3.05, 3.63) is 22.7 Å². The van der Waals surface area contributed by atoms with Crippen molar-refractivity contribution in [2.24, 2.45) is 0 Å². The summed E-state index contributed by atoms with van der Waals surface area (Å²) in [4.78, 5) is 7.12. The van der Waals surface area contributed by atoms with E-state index in [9.17, 15) is 0 Å². The van der Waals surface area contributed by atoms with E-state index in [1.807, 2.05) is 0 Å². The van der Waals surface area contributed by atoms with Gasteiger partial charge in [-0.05, 0) is 0 Å². The summed E-state index contributed by atoms with van der Waals surface area (Å²) in [6.07, 6.45) is 3.76. The van der Waals surface area contributed by atoms with Crippen molar-refractivity contribution in [2.45, 2.75) is 0 Å². The first kappa shape index (κ1) is 9.28. The fraction of sp³-hybridized carbons (Fsp3) is 0. The van der Waals surface area contributed by atoms with Crippen molar-refractivity contribution >= 4 is 23.2 Å². The van der Waals surface area contributed by atoms with E-state index in [1.54, 1.807) is 0 Å². The third-order valence-corrected chi connectivity index (χ3v) is 0.884. The van der Waals surface area contributed by atoms with E-state index < -0.39 is 0 Å². The molecule has 0 atom stereocenters. The van der Waals surface area contributed by atoms with Crippen molar-refractivity contribution in [2.75, 3.05) is 0 Å². The van der Waals surface area contributed by atoms with E-state index >= 15 is 0 Å². The van der Waals surface area contributed by atoms with Crippen LogP contribution in [0.15, 0.2) is 6.20 Å². The van der Waals surface area contributed by atoms with Gasteiger partial charge in [0.1, 0.15) is 0 Å². The van der Waals surface area contributed by atoms with Gasteiger partial charge >= 0.3 is 0 Å². The molecule has 9 heavy (non-hydrogen) atoms.